The number of hydrogen-bond acceptors (Lipinski definition) is 3. The van der Waals surface area contributed by atoms with Crippen molar-refractivity contribution in [2.45, 2.75) is 26.7 Å². The molecule has 3 rings (SSSR count). The van der Waals surface area contributed by atoms with Crippen molar-refractivity contribution in [2.75, 3.05) is 0 Å². The maximum atomic E-state index is 5.58. The predicted octanol–water partition coefficient (Wildman–Crippen LogP) is 2.83. The molecule has 0 aliphatic rings. The van der Waals surface area contributed by atoms with Crippen LogP contribution in [0, 0.1) is 0 Å². The first kappa shape index (κ1) is 9.39. The summed E-state index contributed by atoms with van der Waals surface area (Å²) in [5.74, 6) is 0.929. The van der Waals surface area contributed by atoms with Crippen molar-refractivity contribution in [2.24, 2.45) is 0 Å². The second-order valence-electron chi connectivity index (χ2n) is 3.86. The van der Waals surface area contributed by atoms with E-state index in [9.17, 15) is 0 Å². The zero-order valence-corrected chi connectivity index (χ0v) is 9.37. The van der Waals surface area contributed by atoms with Gasteiger partial charge in [0.15, 0.2) is 5.65 Å². The first-order valence-electron chi connectivity index (χ1n) is 5.58. The lowest BCUT2D eigenvalue weighted by Crippen LogP contribution is -1.81. The van der Waals surface area contributed by atoms with E-state index in [0.717, 1.165) is 41.0 Å². The van der Waals surface area contributed by atoms with Gasteiger partial charge in [-0.05, 0) is 12.5 Å². The summed E-state index contributed by atoms with van der Waals surface area (Å²) in [5.41, 5.74) is 4.33. The second-order valence-corrected chi connectivity index (χ2v) is 3.86. The maximum Gasteiger partial charge on any atom is 0.246 e. The van der Waals surface area contributed by atoms with Crippen molar-refractivity contribution in [3.05, 3.63) is 23.6 Å². The Morgan fingerprint density at radius 1 is 1.12 bits per heavy atom. The Labute approximate surface area is 92.7 Å². The minimum atomic E-state index is 0.631. The van der Waals surface area contributed by atoms with Crippen LogP contribution in [-0.2, 0) is 12.8 Å². The normalized spacial score (nSPS) is 11.6. The first-order valence-corrected chi connectivity index (χ1v) is 5.58. The molecule has 0 unspecified atom stereocenters. The molecule has 16 heavy (non-hydrogen) atoms. The molecule has 0 radical (unpaired) electrons. The highest BCUT2D eigenvalue weighted by Gasteiger charge is 2.09. The Balaban J connectivity index is 2.28. The number of rotatable bonds is 2. The maximum absolute atomic E-state index is 5.58. The number of nitrogens with zero attached hydrogens (tertiary/aromatic N) is 2. The average Bonchev–Trinajstić information content (AvgIpc) is 2.86. The van der Waals surface area contributed by atoms with Gasteiger partial charge in [-0.15, -0.1) is 0 Å². The molecule has 3 heterocycles. The highest BCUT2D eigenvalue weighted by molar-refractivity contribution is 5.82. The Morgan fingerprint density at radius 3 is 2.75 bits per heavy atom. The third-order valence-electron chi connectivity index (χ3n) is 2.76. The van der Waals surface area contributed by atoms with Crippen LogP contribution in [0.15, 0.2) is 16.5 Å². The van der Waals surface area contributed by atoms with E-state index in [-0.39, 0.29) is 0 Å². The zero-order chi connectivity index (χ0) is 11.1. The van der Waals surface area contributed by atoms with Gasteiger partial charge in [0.25, 0.3) is 0 Å². The van der Waals surface area contributed by atoms with Crippen molar-refractivity contribution in [3.8, 4) is 0 Å². The molecule has 3 aromatic heterocycles. The van der Waals surface area contributed by atoms with Crippen molar-refractivity contribution in [1.29, 1.82) is 0 Å². The average molecular weight is 215 g/mol. The van der Waals surface area contributed by atoms with Gasteiger partial charge in [-0.1, -0.05) is 13.8 Å². The highest BCUT2D eigenvalue weighted by atomic mass is 16.3. The Hall–Kier alpha value is -1.84. The quantitative estimate of drug-likeness (QED) is 0.715. The van der Waals surface area contributed by atoms with Crippen molar-refractivity contribution in [1.82, 2.24) is 15.0 Å². The Bertz CT molecular complexity index is 546. The monoisotopic (exact) mass is 215 g/mol. The topological polar surface area (TPSA) is 54.7 Å². The molecular weight excluding hydrogens is 202 g/mol. The van der Waals surface area contributed by atoms with Crippen LogP contribution in [-0.4, -0.2) is 15.0 Å². The SMILES string of the molecule is CCc1cc2nc3oc(CC)cc3nc2[nH]1. The lowest BCUT2D eigenvalue weighted by molar-refractivity contribution is 0.548. The van der Waals surface area contributed by atoms with Crippen molar-refractivity contribution < 1.29 is 4.42 Å². The van der Waals surface area contributed by atoms with Crippen LogP contribution in [0.5, 0.6) is 0 Å². The van der Waals surface area contributed by atoms with E-state index >= 15 is 0 Å². The number of H-pyrrole nitrogens is 1. The van der Waals surface area contributed by atoms with Crippen LogP contribution < -0.4 is 0 Å². The molecule has 0 aliphatic carbocycles. The van der Waals surface area contributed by atoms with Crippen LogP contribution in [0.25, 0.3) is 22.4 Å². The molecule has 82 valence electrons. The van der Waals surface area contributed by atoms with Gasteiger partial charge < -0.3 is 9.40 Å². The van der Waals surface area contributed by atoms with Crippen LogP contribution >= 0.6 is 0 Å². The lowest BCUT2D eigenvalue weighted by atomic mass is 10.3. The van der Waals surface area contributed by atoms with E-state index in [1.165, 1.54) is 0 Å². The molecule has 0 spiro atoms. The van der Waals surface area contributed by atoms with E-state index in [1.807, 2.05) is 12.1 Å². The lowest BCUT2D eigenvalue weighted by Gasteiger charge is -1.88. The van der Waals surface area contributed by atoms with Crippen molar-refractivity contribution >= 4 is 22.4 Å². The fraction of sp³-hybridized carbons (Fsp3) is 0.333. The van der Waals surface area contributed by atoms with Gasteiger partial charge in [-0.25, -0.2) is 9.97 Å². The first-order chi connectivity index (χ1) is 7.80. The molecule has 0 aliphatic heterocycles. The van der Waals surface area contributed by atoms with Gasteiger partial charge >= 0.3 is 0 Å². The summed E-state index contributed by atoms with van der Waals surface area (Å²) in [6.45, 7) is 4.16. The summed E-state index contributed by atoms with van der Waals surface area (Å²) in [6.07, 6.45) is 1.83. The smallest absolute Gasteiger partial charge is 0.246 e. The number of nitrogens with one attached hydrogen (secondary N) is 1. The summed E-state index contributed by atoms with van der Waals surface area (Å²) in [5, 5.41) is 0. The Morgan fingerprint density at radius 2 is 2.00 bits per heavy atom. The highest BCUT2D eigenvalue weighted by Crippen LogP contribution is 2.20. The predicted molar refractivity (Wildman–Crippen MR) is 62.4 cm³/mol. The van der Waals surface area contributed by atoms with Crippen LogP contribution in [0.4, 0.5) is 0 Å². The molecule has 4 heteroatoms. The minimum absolute atomic E-state index is 0.631. The van der Waals surface area contributed by atoms with Gasteiger partial charge in [0.05, 0.1) is 0 Å². The van der Waals surface area contributed by atoms with E-state index in [0.29, 0.717) is 5.71 Å². The molecular formula is C12H13N3O. The number of aromatic nitrogens is 3. The summed E-state index contributed by atoms with van der Waals surface area (Å²) in [7, 11) is 0. The van der Waals surface area contributed by atoms with Gasteiger partial charge in [0.2, 0.25) is 5.71 Å². The van der Waals surface area contributed by atoms with Gasteiger partial charge in [0.1, 0.15) is 16.8 Å². The molecule has 3 aromatic rings. The molecule has 0 aromatic carbocycles. The molecule has 0 atom stereocenters. The fourth-order valence-corrected chi connectivity index (χ4v) is 1.83. The summed E-state index contributed by atoms with van der Waals surface area (Å²) >= 11 is 0. The molecule has 0 saturated carbocycles. The Kier molecular flexibility index (Phi) is 1.96. The number of furan rings is 1. The second kappa shape index (κ2) is 3.33. The van der Waals surface area contributed by atoms with Gasteiger partial charge in [-0.2, -0.15) is 0 Å². The summed E-state index contributed by atoms with van der Waals surface area (Å²) in [4.78, 5) is 12.2. The van der Waals surface area contributed by atoms with Crippen molar-refractivity contribution in [3.63, 3.8) is 0 Å². The number of fused-ring (bicyclic) bond motifs is 2. The van der Waals surface area contributed by atoms with Crippen LogP contribution in [0.2, 0.25) is 0 Å². The van der Waals surface area contributed by atoms with Crippen LogP contribution in [0.1, 0.15) is 25.3 Å². The van der Waals surface area contributed by atoms with Gasteiger partial charge in [-0.3, -0.25) is 0 Å². The van der Waals surface area contributed by atoms with E-state index < -0.39 is 0 Å². The molecule has 0 bridgehead atoms. The number of aryl methyl sites for hydroxylation is 2. The molecule has 0 fully saturated rings. The third-order valence-corrected chi connectivity index (χ3v) is 2.76. The van der Waals surface area contributed by atoms with E-state index in [2.05, 4.69) is 28.8 Å². The minimum Gasteiger partial charge on any atom is -0.441 e. The number of hydrogen-bond donors (Lipinski definition) is 1. The van der Waals surface area contributed by atoms with Crippen LogP contribution in [0.3, 0.4) is 0 Å². The number of aromatic amines is 1. The van der Waals surface area contributed by atoms with E-state index in [4.69, 9.17) is 4.42 Å². The zero-order valence-electron chi connectivity index (χ0n) is 9.37. The van der Waals surface area contributed by atoms with E-state index in [1.54, 1.807) is 0 Å². The third kappa shape index (κ3) is 1.30. The largest absolute Gasteiger partial charge is 0.441 e. The molecule has 0 saturated heterocycles. The molecule has 4 nitrogen and oxygen atoms in total. The standard InChI is InChI=1S/C12H13N3O/c1-3-7-5-9-11(13-7)14-10-6-8(4-2)16-12(10)15-9/h5-6H,3-4H2,1-2H3,(H,13,14). The molecule has 1 N–H and O–H groups in total. The molecule has 0 amide bonds. The summed E-state index contributed by atoms with van der Waals surface area (Å²) in [6, 6.07) is 3.98. The van der Waals surface area contributed by atoms with Gasteiger partial charge in [0, 0.05) is 18.2 Å². The fourth-order valence-electron chi connectivity index (χ4n) is 1.83. The summed E-state index contributed by atoms with van der Waals surface area (Å²) < 4.78 is 5.58.